The third-order valence-electron chi connectivity index (χ3n) is 3.68. The van der Waals surface area contributed by atoms with Crippen molar-refractivity contribution in [2.75, 3.05) is 0 Å². The Labute approximate surface area is 111 Å². The Morgan fingerprint density at radius 3 is 3.16 bits per heavy atom. The van der Waals surface area contributed by atoms with Gasteiger partial charge in [-0.05, 0) is 36.8 Å². The zero-order valence-corrected chi connectivity index (χ0v) is 10.9. The van der Waals surface area contributed by atoms with Gasteiger partial charge >= 0.3 is 5.65 Å². The molecule has 1 aliphatic heterocycles. The maximum atomic E-state index is 4.78. The third-order valence-corrected chi connectivity index (χ3v) is 3.68. The van der Waals surface area contributed by atoms with E-state index in [-0.39, 0.29) is 0 Å². The van der Waals surface area contributed by atoms with E-state index in [9.17, 15) is 0 Å². The Morgan fingerprint density at radius 2 is 2.26 bits per heavy atom. The maximum absolute atomic E-state index is 4.78. The normalized spacial score (nSPS) is 13.9. The summed E-state index contributed by atoms with van der Waals surface area (Å²) in [5.74, 6) is 0.985. The molecule has 0 amide bonds. The van der Waals surface area contributed by atoms with Crippen LogP contribution in [0.1, 0.15) is 12.0 Å². The van der Waals surface area contributed by atoms with Gasteiger partial charge in [0, 0.05) is 12.6 Å². The number of aromatic nitrogens is 4. The molecule has 4 heterocycles. The van der Waals surface area contributed by atoms with Gasteiger partial charge in [0.2, 0.25) is 5.82 Å². The molecule has 4 heteroatoms. The molecule has 0 atom stereocenters. The van der Waals surface area contributed by atoms with Crippen molar-refractivity contribution in [1.82, 2.24) is 14.5 Å². The summed E-state index contributed by atoms with van der Waals surface area (Å²) in [5.41, 5.74) is 4.45. The number of pyridine rings is 2. The maximum Gasteiger partial charge on any atom is 0.309 e. The van der Waals surface area contributed by atoms with Crippen molar-refractivity contribution in [1.29, 1.82) is 0 Å². The van der Waals surface area contributed by atoms with Crippen LogP contribution in [0, 0.1) is 6.92 Å². The van der Waals surface area contributed by atoms with Crippen molar-refractivity contribution in [3.8, 4) is 11.5 Å². The quantitative estimate of drug-likeness (QED) is 0.621. The number of nitrogens with zero attached hydrogens (tertiary/aromatic N) is 4. The van der Waals surface area contributed by atoms with Crippen molar-refractivity contribution in [2.45, 2.75) is 26.4 Å². The summed E-state index contributed by atoms with van der Waals surface area (Å²) >= 11 is 0. The Kier molecular flexibility index (Phi) is 2.18. The van der Waals surface area contributed by atoms with Crippen LogP contribution in [0.4, 0.5) is 0 Å². The minimum atomic E-state index is 0.963. The van der Waals surface area contributed by atoms with Crippen LogP contribution < -0.4 is 4.57 Å². The standard InChI is InChI=1S/C15H15N4/c1-11-5-6-16-13(10-11)14-17-12-4-2-7-18-8-3-9-19(14)15(12)18/h2,4-7,10H,3,8-9H2,1H3/q+1. The largest absolute Gasteiger partial charge is 0.309 e. The van der Waals surface area contributed by atoms with Gasteiger partial charge in [-0.25, -0.2) is 9.13 Å². The van der Waals surface area contributed by atoms with Gasteiger partial charge in [-0.15, -0.1) is 0 Å². The second-order valence-electron chi connectivity index (χ2n) is 5.07. The van der Waals surface area contributed by atoms with Crippen LogP contribution in [0.2, 0.25) is 0 Å². The molecule has 0 fully saturated rings. The predicted molar refractivity (Wildman–Crippen MR) is 72.5 cm³/mol. The SMILES string of the molecule is Cc1ccnc(-c2nc3ccc[n+]4c3n2CCC4)c1. The average Bonchev–Trinajstić information content (AvgIpc) is 2.81. The molecule has 0 saturated carbocycles. The van der Waals surface area contributed by atoms with Crippen molar-refractivity contribution in [2.24, 2.45) is 0 Å². The summed E-state index contributed by atoms with van der Waals surface area (Å²) in [6, 6.07) is 8.26. The zero-order valence-electron chi connectivity index (χ0n) is 10.9. The van der Waals surface area contributed by atoms with Gasteiger partial charge in [0.15, 0.2) is 5.52 Å². The van der Waals surface area contributed by atoms with E-state index in [1.54, 1.807) is 0 Å². The van der Waals surface area contributed by atoms with E-state index in [2.05, 4.69) is 45.4 Å². The highest BCUT2D eigenvalue weighted by molar-refractivity contribution is 5.73. The molecule has 1 aliphatic rings. The minimum Gasteiger partial charge on any atom is -0.251 e. The van der Waals surface area contributed by atoms with Crippen LogP contribution >= 0.6 is 0 Å². The topological polar surface area (TPSA) is 34.6 Å². The van der Waals surface area contributed by atoms with Crippen molar-refractivity contribution in [3.63, 3.8) is 0 Å². The van der Waals surface area contributed by atoms with Crippen molar-refractivity contribution in [3.05, 3.63) is 42.2 Å². The fourth-order valence-corrected chi connectivity index (χ4v) is 2.83. The zero-order chi connectivity index (χ0) is 12.8. The number of hydrogen-bond acceptors (Lipinski definition) is 2. The van der Waals surface area contributed by atoms with E-state index in [1.807, 2.05) is 12.3 Å². The van der Waals surface area contributed by atoms with E-state index >= 15 is 0 Å². The summed E-state index contributed by atoms with van der Waals surface area (Å²) in [5, 5.41) is 0. The van der Waals surface area contributed by atoms with Gasteiger partial charge < -0.3 is 0 Å². The smallest absolute Gasteiger partial charge is 0.251 e. The molecule has 0 saturated heterocycles. The van der Waals surface area contributed by atoms with Gasteiger partial charge in [-0.2, -0.15) is 4.98 Å². The Bertz CT molecular complexity index is 773. The van der Waals surface area contributed by atoms with E-state index in [0.717, 1.165) is 36.5 Å². The summed E-state index contributed by atoms with van der Waals surface area (Å²) < 4.78 is 4.58. The second-order valence-corrected chi connectivity index (χ2v) is 5.07. The van der Waals surface area contributed by atoms with Gasteiger partial charge in [0.1, 0.15) is 5.69 Å². The molecule has 0 unspecified atom stereocenters. The molecule has 3 aromatic heterocycles. The molecule has 0 N–H and O–H groups in total. The highest BCUT2D eigenvalue weighted by atomic mass is 15.2. The lowest BCUT2D eigenvalue weighted by Crippen LogP contribution is -2.39. The van der Waals surface area contributed by atoms with Crippen LogP contribution in [0.15, 0.2) is 36.7 Å². The van der Waals surface area contributed by atoms with Crippen LogP contribution in [-0.2, 0) is 13.1 Å². The van der Waals surface area contributed by atoms with Crippen LogP contribution in [-0.4, -0.2) is 14.5 Å². The monoisotopic (exact) mass is 251 g/mol. The van der Waals surface area contributed by atoms with Crippen molar-refractivity contribution >= 4 is 11.2 Å². The van der Waals surface area contributed by atoms with Crippen molar-refractivity contribution < 1.29 is 4.57 Å². The van der Waals surface area contributed by atoms with Gasteiger partial charge in [0.25, 0.3) is 0 Å². The molecule has 4 nitrogen and oxygen atoms in total. The molecule has 0 aromatic carbocycles. The van der Waals surface area contributed by atoms with Crippen LogP contribution in [0.3, 0.4) is 0 Å². The number of imidazole rings is 1. The predicted octanol–water partition coefficient (Wildman–Crippen LogP) is 2.10. The Hall–Kier alpha value is -2.23. The first-order valence-corrected chi connectivity index (χ1v) is 6.65. The number of hydrogen-bond donors (Lipinski definition) is 0. The molecule has 4 rings (SSSR count). The second kappa shape index (κ2) is 3.88. The summed E-state index contributed by atoms with van der Waals surface area (Å²) in [6.45, 7) is 4.18. The summed E-state index contributed by atoms with van der Waals surface area (Å²) in [7, 11) is 0. The number of aryl methyl sites for hydroxylation is 3. The first-order valence-electron chi connectivity index (χ1n) is 6.65. The highest BCUT2D eigenvalue weighted by Gasteiger charge is 2.26. The third kappa shape index (κ3) is 1.56. The molecule has 0 spiro atoms. The lowest BCUT2D eigenvalue weighted by atomic mass is 10.2. The molecular weight excluding hydrogens is 236 g/mol. The first kappa shape index (κ1) is 10.7. The lowest BCUT2D eigenvalue weighted by Gasteiger charge is -2.10. The van der Waals surface area contributed by atoms with E-state index in [0.29, 0.717) is 0 Å². The lowest BCUT2D eigenvalue weighted by molar-refractivity contribution is -0.678. The number of rotatable bonds is 1. The van der Waals surface area contributed by atoms with E-state index in [1.165, 1.54) is 11.2 Å². The Balaban J connectivity index is 2.04. The minimum absolute atomic E-state index is 0.963. The molecule has 94 valence electrons. The first-order chi connectivity index (χ1) is 9.33. The van der Waals surface area contributed by atoms with Gasteiger partial charge in [-0.1, -0.05) is 0 Å². The summed E-state index contributed by atoms with van der Waals surface area (Å²) in [4.78, 5) is 9.25. The van der Waals surface area contributed by atoms with Crippen LogP contribution in [0.5, 0.6) is 0 Å². The molecule has 0 bridgehead atoms. The van der Waals surface area contributed by atoms with Gasteiger partial charge in [0.05, 0.1) is 19.3 Å². The van der Waals surface area contributed by atoms with Crippen LogP contribution in [0.25, 0.3) is 22.7 Å². The molecule has 3 aromatic rings. The summed E-state index contributed by atoms with van der Waals surface area (Å²) in [6.07, 6.45) is 5.13. The molecular formula is C15H15N4+. The Morgan fingerprint density at radius 1 is 1.32 bits per heavy atom. The highest BCUT2D eigenvalue weighted by Crippen LogP contribution is 2.24. The van der Waals surface area contributed by atoms with E-state index < -0.39 is 0 Å². The average molecular weight is 251 g/mol. The van der Waals surface area contributed by atoms with E-state index in [4.69, 9.17) is 4.98 Å². The van der Waals surface area contributed by atoms with Gasteiger partial charge in [-0.3, -0.25) is 4.98 Å². The fourth-order valence-electron chi connectivity index (χ4n) is 2.83. The molecule has 19 heavy (non-hydrogen) atoms. The fraction of sp³-hybridized carbons (Fsp3) is 0.267. The molecule has 0 aliphatic carbocycles. The molecule has 0 radical (unpaired) electrons.